The molecule has 0 unspecified atom stereocenters. The van der Waals surface area contributed by atoms with Crippen LogP contribution in [0.2, 0.25) is 0 Å². The molecule has 2 amide bonds. The van der Waals surface area contributed by atoms with Gasteiger partial charge < -0.3 is 25.1 Å². The highest BCUT2D eigenvalue weighted by molar-refractivity contribution is 6.04. The monoisotopic (exact) mass is 405 g/mol. The number of amides is 2. The fourth-order valence-corrected chi connectivity index (χ4v) is 3.95. The third-order valence-electron chi connectivity index (χ3n) is 5.60. The summed E-state index contributed by atoms with van der Waals surface area (Å²) in [4.78, 5) is 27.2. The summed E-state index contributed by atoms with van der Waals surface area (Å²) >= 11 is 0. The maximum Gasteiger partial charge on any atom is 0.272 e. The molecule has 30 heavy (non-hydrogen) atoms. The first-order valence-corrected chi connectivity index (χ1v) is 10.2. The second-order valence-electron chi connectivity index (χ2n) is 7.88. The third-order valence-corrected chi connectivity index (χ3v) is 5.60. The molecule has 1 aromatic carbocycles. The van der Waals surface area contributed by atoms with Crippen LogP contribution in [-0.2, 0) is 14.1 Å². The number of rotatable bonds is 4. The average Bonchev–Trinajstić information content (AvgIpc) is 3.30. The molecule has 3 N–H and O–H groups in total. The van der Waals surface area contributed by atoms with Crippen molar-refractivity contribution in [3.63, 3.8) is 0 Å². The number of nitrogens with zero attached hydrogens (tertiary/aromatic N) is 3. The Kier molecular flexibility index (Phi) is 5.35. The minimum absolute atomic E-state index is 0.0918. The Morgan fingerprint density at radius 2 is 1.53 bits per heavy atom. The summed E-state index contributed by atoms with van der Waals surface area (Å²) in [6, 6.07) is 11.2. The molecular formula is C23H27N5O2. The predicted molar refractivity (Wildman–Crippen MR) is 118 cm³/mol. The molecule has 7 nitrogen and oxygen atoms in total. The molecule has 1 aliphatic rings. The Labute approximate surface area is 176 Å². The fraction of sp³-hybridized carbons (Fsp3) is 0.304. The first-order chi connectivity index (χ1) is 14.4. The SMILES string of the molecule is Cn1cc(N)cc1C(=O)Nc1ccc(-c2cc(C(=O)N3CCCCC3)n(C)c2)cc1. The maximum absolute atomic E-state index is 12.9. The van der Waals surface area contributed by atoms with Crippen molar-refractivity contribution in [2.45, 2.75) is 19.3 Å². The summed E-state index contributed by atoms with van der Waals surface area (Å²) < 4.78 is 3.59. The summed E-state index contributed by atoms with van der Waals surface area (Å²) in [5.74, 6) is -0.120. The first-order valence-electron chi connectivity index (χ1n) is 10.2. The average molecular weight is 406 g/mol. The van der Waals surface area contributed by atoms with Crippen LogP contribution < -0.4 is 11.1 Å². The van der Waals surface area contributed by atoms with Crippen LogP contribution in [0.3, 0.4) is 0 Å². The van der Waals surface area contributed by atoms with Gasteiger partial charge in [0.15, 0.2) is 0 Å². The Morgan fingerprint density at radius 3 is 2.17 bits per heavy atom. The predicted octanol–water partition coefficient (Wildman–Crippen LogP) is 3.49. The van der Waals surface area contributed by atoms with Crippen molar-refractivity contribution in [3.05, 3.63) is 60.2 Å². The van der Waals surface area contributed by atoms with E-state index in [0.717, 1.165) is 37.1 Å². The summed E-state index contributed by atoms with van der Waals surface area (Å²) in [6.45, 7) is 1.67. The third kappa shape index (κ3) is 3.96. The van der Waals surface area contributed by atoms with E-state index >= 15 is 0 Å². The Balaban J connectivity index is 1.48. The Hall–Kier alpha value is -3.48. The molecule has 1 fully saturated rings. The zero-order chi connectivity index (χ0) is 21.3. The molecular weight excluding hydrogens is 378 g/mol. The van der Waals surface area contributed by atoms with Gasteiger partial charge in [0.2, 0.25) is 0 Å². The number of likely N-dealkylation sites (tertiary alicyclic amines) is 1. The number of aromatic nitrogens is 2. The highest BCUT2D eigenvalue weighted by Gasteiger charge is 2.21. The number of hydrogen-bond acceptors (Lipinski definition) is 3. The van der Waals surface area contributed by atoms with E-state index in [-0.39, 0.29) is 11.8 Å². The van der Waals surface area contributed by atoms with Crippen molar-refractivity contribution in [1.82, 2.24) is 14.0 Å². The molecule has 0 bridgehead atoms. The topological polar surface area (TPSA) is 85.3 Å². The number of benzene rings is 1. The highest BCUT2D eigenvalue weighted by Crippen LogP contribution is 2.25. The van der Waals surface area contributed by atoms with Gasteiger partial charge in [0.25, 0.3) is 11.8 Å². The first kappa shape index (κ1) is 19.8. The molecule has 0 spiro atoms. The van der Waals surface area contributed by atoms with E-state index in [1.165, 1.54) is 6.42 Å². The Bertz CT molecular complexity index is 1070. The van der Waals surface area contributed by atoms with Crippen LogP contribution >= 0.6 is 0 Å². The standard InChI is InChI=1S/C23H27N5O2/c1-26-14-17(12-21(26)23(30)28-10-4-3-5-11-28)16-6-8-19(9-7-16)25-22(29)20-13-18(24)15-27(20)2/h6-9,12-15H,3-5,10-11,24H2,1-2H3,(H,25,29). The van der Waals surface area contributed by atoms with Crippen LogP contribution in [0.4, 0.5) is 11.4 Å². The number of hydrogen-bond donors (Lipinski definition) is 2. The number of piperidine rings is 1. The van der Waals surface area contributed by atoms with Crippen molar-refractivity contribution in [3.8, 4) is 11.1 Å². The van der Waals surface area contributed by atoms with E-state index in [1.807, 2.05) is 53.0 Å². The Morgan fingerprint density at radius 1 is 0.867 bits per heavy atom. The van der Waals surface area contributed by atoms with Crippen molar-refractivity contribution in [1.29, 1.82) is 0 Å². The lowest BCUT2D eigenvalue weighted by Gasteiger charge is -2.26. The second kappa shape index (κ2) is 8.10. The summed E-state index contributed by atoms with van der Waals surface area (Å²) in [5.41, 5.74) is 10.2. The zero-order valence-corrected chi connectivity index (χ0v) is 17.4. The molecule has 7 heteroatoms. The summed E-state index contributed by atoms with van der Waals surface area (Å²) in [7, 11) is 3.69. The van der Waals surface area contributed by atoms with Gasteiger partial charge in [0.1, 0.15) is 11.4 Å². The lowest BCUT2D eigenvalue weighted by Crippen LogP contribution is -2.36. The molecule has 1 saturated heterocycles. The maximum atomic E-state index is 12.9. The second-order valence-corrected chi connectivity index (χ2v) is 7.88. The smallest absolute Gasteiger partial charge is 0.272 e. The molecule has 0 saturated carbocycles. The molecule has 156 valence electrons. The van der Waals surface area contributed by atoms with E-state index in [9.17, 15) is 9.59 Å². The van der Waals surface area contributed by atoms with Gasteiger partial charge in [-0.15, -0.1) is 0 Å². The van der Waals surface area contributed by atoms with Crippen LogP contribution in [0.5, 0.6) is 0 Å². The minimum atomic E-state index is -0.212. The van der Waals surface area contributed by atoms with E-state index < -0.39 is 0 Å². The van der Waals surface area contributed by atoms with Crippen LogP contribution in [0.15, 0.2) is 48.8 Å². The highest BCUT2D eigenvalue weighted by atomic mass is 16.2. The van der Waals surface area contributed by atoms with Gasteiger partial charge in [-0.05, 0) is 49.1 Å². The van der Waals surface area contributed by atoms with Gasteiger partial charge >= 0.3 is 0 Å². The summed E-state index contributed by atoms with van der Waals surface area (Å²) in [5, 5.41) is 2.89. The number of carbonyl (C=O) groups is 2. The van der Waals surface area contributed by atoms with Crippen LogP contribution in [0.1, 0.15) is 40.2 Å². The quantitative estimate of drug-likeness (QED) is 0.697. The van der Waals surface area contributed by atoms with Crippen molar-refractivity contribution in [2.24, 2.45) is 14.1 Å². The van der Waals surface area contributed by atoms with E-state index in [4.69, 9.17) is 5.73 Å². The molecule has 2 aromatic heterocycles. The molecule has 3 aromatic rings. The van der Waals surface area contributed by atoms with E-state index in [1.54, 1.807) is 23.9 Å². The van der Waals surface area contributed by atoms with Crippen LogP contribution in [-0.4, -0.2) is 38.9 Å². The fourth-order valence-electron chi connectivity index (χ4n) is 3.95. The number of anilines is 2. The molecule has 3 heterocycles. The van der Waals surface area contributed by atoms with Crippen LogP contribution in [0.25, 0.3) is 11.1 Å². The number of nitrogen functional groups attached to an aromatic ring is 1. The number of nitrogens with one attached hydrogen (secondary N) is 1. The van der Waals surface area contributed by atoms with Gasteiger partial charge in [-0.2, -0.15) is 0 Å². The zero-order valence-electron chi connectivity index (χ0n) is 17.4. The van der Waals surface area contributed by atoms with E-state index in [2.05, 4.69) is 5.32 Å². The van der Waals surface area contributed by atoms with Crippen LogP contribution in [0, 0.1) is 0 Å². The number of nitrogens with two attached hydrogens (primary N) is 1. The normalized spacial score (nSPS) is 14.0. The number of aryl methyl sites for hydroxylation is 2. The van der Waals surface area contributed by atoms with E-state index in [0.29, 0.717) is 22.8 Å². The van der Waals surface area contributed by atoms with Crippen molar-refractivity contribution < 1.29 is 9.59 Å². The molecule has 1 aliphatic heterocycles. The van der Waals surface area contributed by atoms with Gasteiger partial charge in [-0.3, -0.25) is 9.59 Å². The summed E-state index contributed by atoms with van der Waals surface area (Å²) in [6.07, 6.45) is 7.02. The van der Waals surface area contributed by atoms with Gasteiger partial charge in [-0.1, -0.05) is 12.1 Å². The van der Waals surface area contributed by atoms with Gasteiger partial charge in [-0.25, -0.2) is 0 Å². The van der Waals surface area contributed by atoms with Gasteiger partial charge in [0, 0.05) is 50.8 Å². The lowest BCUT2D eigenvalue weighted by molar-refractivity contribution is 0.0714. The number of carbonyl (C=O) groups excluding carboxylic acids is 2. The van der Waals surface area contributed by atoms with Gasteiger partial charge in [0.05, 0.1) is 5.69 Å². The minimum Gasteiger partial charge on any atom is -0.397 e. The lowest BCUT2D eigenvalue weighted by atomic mass is 10.1. The molecule has 4 rings (SSSR count). The van der Waals surface area contributed by atoms with Crippen molar-refractivity contribution >= 4 is 23.2 Å². The molecule has 0 radical (unpaired) electrons. The molecule has 0 atom stereocenters. The largest absolute Gasteiger partial charge is 0.397 e. The molecule has 0 aliphatic carbocycles. The van der Waals surface area contributed by atoms with Crippen molar-refractivity contribution in [2.75, 3.05) is 24.1 Å².